The third-order valence-corrected chi connectivity index (χ3v) is 3.71. The number of benzene rings is 1. The molecule has 1 aliphatic rings. The molecule has 2 heterocycles. The van der Waals surface area contributed by atoms with Gasteiger partial charge in [0, 0.05) is 17.9 Å². The lowest BCUT2D eigenvalue weighted by atomic mass is 10.2. The van der Waals surface area contributed by atoms with Gasteiger partial charge in [-0.2, -0.15) is 0 Å². The molecule has 1 amide bonds. The van der Waals surface area contributed by atoms with E-state index in [0.717, 1.165) is 30.9 Å². The third kappa shape index (κ3) is 4.29. The van der Waals surface area contributed by atoms with Gasteiger partial charge in [0.15, 0.2) is 0 Å². The molecule has 0 aliphatic carbocycles. The number of rotatable bonds is 5. The number of carbonyl (C=O) groups excluding carboxylic acids is 1. The van der Waals surface area contributed by atoms with Crippen molar-refractivity contribution in [3.05, 3.63) is 53.7 Å². The molecule has 1 aromatic heterocycles. The first kappa shape index (κ1) is 15.5. The number of aryl methyl sites for hydroxylation is 1. The van der Waals surface area contributed by atoms with Crippen LogP contribution in [0.4, 0.5) is 5.82 Å². The summed E-state index contributed by atoms with van der Waals surface area (Å²) in [5.74, 6) is 1.10. The van der Waals surface area contributed by atoms with Gasteiger partial charge in [-0.15, -0.1) is 0 Å². The van der Waals surface area contributed by atoms with Crippen molar-refractivity contribution in [2.24, 2.45) is 0 Å². The van der Waals surface area contributed by atoms with E-state index in [0.29, 0.717) is 18.0 Å². The van der Waals surface area contributed by atoms with Crippen LogP contribution in [-0.2, 0) is 4.74 Å². The minimum absolute atomic E-state index is 0.186. The number of nitrogens with zero attached hydrogens (tertiary/aromatic N) is 1. The van der Waals surface area contributed by atoms with Crippen LogP contribution in [0.25, 0.3) is 0 Å². The number of nitrogens with one attached hydrogen (secondary N) is 1. The fourth-order valence-corrected chi connectivity index (χ4v) is 2.47. The molecule has 0 spiro atoms. The smallest absolute Gasteiger partial charge is 0.256 e. The van der Waals surface area contributed by atoms with Crippen LogP contribution in [0, 0.1) is 6.92 Å². The number of anilines is 1. The predicted octanol–water partition coefficient (Wildman–Crippen LogP) is 3.20. The van der Waals surface area contributed by atoms with Crippen LogP contribution in [0.3, 0.4) is 0 Å². The highest BCUT2D eigenvalue weighted by atomic mass is 16.5. The van der Waals surface area contributed by atoms with E-state index in [4.69, 9.17) is 9.47 Å². The highest BCUT2D eigenvalue weighted by Crippen LogP contribution is 2.17. The van der Waals surface area contributed by atoms with E-state index in [9.17, 15) is 4.79 Å². The fourth-order valence-electron chi connectivity index (χ4n) is 2.47. The number of hydrogen-bond acceptors (Lipinski definition) is 4. The highest BCUT2D eigenvalue weighted by Gasteiger charge is 2.16. The maximum absolute atomic E-state index is 12.2. The predicted molar refractivity (Wildman–Crippen MR) is 87.8 cm³/mol. The molecular formula is C18H20N2O3. The molecule has 1 fully saturated rings. The normalized spacial score (nSPS) is 17.0. The van der Waals surface area contributed by atoms with Crippen molar-refractivity contribution >= 4 is 11.7 Å². The molecular weight excluding hydrogens is 292 g/mol. The van der Waals surface area contributed by atoms with Gasteiger partial charge < -0.3 is 14.8 Å². The molecule has 1 N–H and O–H groups in total. The lowest BCUT2D eigenvalue weighted by Crippen LogP contribution is -2.16. The summed E-state index contributed by atoms with van der Waals surface area (Å²) in [5, 5.41) is 2.78. The first-order valence-corrected chi connectivity index (χ1v) is 7.80. The quantitative estimate of drug-likeness (QED) is 0.921. The third-order valence-electron chi connectivity index (χ3n) is 3.71. The molecule has 1 atom stereocenters. The molecule has 1 aliphatic heterocycles. The number of hydrogen-bond donors (Lipinski definition) is 1. The molecule has 0 unspecified atom stereocenters. The van der Waals surface area contributed by atoms with Crippen LogP contribution >= 0.6 is 0 Å². The largest absolute Gasteiger partial charge is 0.491 e. The maximum Gasteiger partial charge on any atom is 0.256 e. The minimum atomic E-state index is -0.186. The van der Waals surface area contributed by atoms with Gasteiger partial charge in [0.1, 0.15) is 18.2 Å². The number of aromatic nitrogens is 1. The second-order valence-electron chi connectivity index (χ2n) is 5.59. The summed E-state index contributed by atoms with van der Waals surface area (Å²) in [6, 6.07) is 12.6. The maximum atomic E-state index is 12.2. The van der Waals surface area contributed by atoms with E-state index in [2.05, 4.69) is 10.3 Å². The Bertz CT molecular complexity index is 664. The second kappa shape index (κ2) is 7.24. The molecule has 5 nitrogen and oxygen atoms in total. The molecule has 23 heavy (non-hydrogen) atoms. The summed E-state index contributed by atoms with van der Waals surface area (Å²) in [4.78, 5) is 16.5. The number of amides is 1. The van der Waals surface area contributed by atoms with Crippen LogP contribution in [0.15, 0.2) is 42.5 Å². The molecule has 0 bridgehead atoms. The Labute approximate surface area is 135 Å². The Morgan fingerprint density at radius 2 is 2.13 bits per heavy atom. The Balaban J connectivity index is 1.56. The zero-order valence-electron chi connectivity index (χ0n) is 13.1. The van der Waals surface area contributed by atoms with Crippen molar-refractivity contribution in [1.29, 1.82) is 0 Å². The summed E-state index contributed by atoms with van der Waals surface area (Å²) >= 11 is 0. The van der Waals surface area contributed by atoms with E-state index < -0.39 is 0 Å². The molecule has 1 aromatic carbocycles. The van der Waals surface area contributed by atoms with E-state index in [1.54, 1.807) is 30.3 Å². The zero-order chi connectivity index (χ0) is 16.1. The SMILES string of the molecule is Cc1cccc(NC(=O)c2ccc(OC[C@@H]3CCCO3)cc2)n1. The van der Waals surface area contributed by atoms with E-state index in [1.807, 2.05) is 19.1 Å². The van der Waals surface area contributed by atoms with E-state index in [-0.39, 0.29) is 12.0 Å². The highest BCUT2D eigenvalue weighted by molar-refractivity contribution is 6.03. The van der Waals surface area contributed by atoms with Gasteiger partial charge in [-0.3, -0.25) is 4.79 Å². The molecule has 0 saturated carbocycles. The second-order valence-corrected chi connectivity index (χ2v) is 5.59. The molecule has 2 aromatic rings. The topological polar surface area (TPSA) is 60.5 Å². The summed E-state index contributed by atoms with van der Waals surface area (Å²) < 4.78 is 11.2. The Hall–Kier alpha value is -2.40. The van der Waals surface area contributed by atoms with Gasteiger partial charge in [0.05, 0.1) is 6.10 Å². The Morgan fingerprint density at radius 3 is 2.83 bits per heavy atom. The first-order valence-electron chi connectivity index (χ1n) is 7.80. The monoisotopic (exact) mass is 312 g/mol. The van der Waals surface area contributed by atoms with Crippen molar-refractivity contribution in [3.8, 4) is 5.75 Å². The Kier molecular flexibility index (Phi) is 4.88. The standard InChI is InChI=1S/C18H20N2O3/c1-13-4-2-6-17(19-13)20-18(21)14-7-9-15(10-8-14)23-12-16-5-3-11-22-16/h2,4,6-10,16H,3,5,11-12H2,1H3,(H,19,20,21)/t16-/m0/s1. The summed E-state index contributed by atoms with van der Waals surface area (Å²) in [7, 11) is 0. The zero-order valence-corrected chi connectivity index (χ0v) is 13.1. The van der Waals surface area contributed by atoms with Crippen molar-refractivity contribution in [1.82, 2.24) is 4.98 Å². The first-order chi connectivity index (χ1) is 11.2. The van der Waals surface area contributed by atoms with Crippen LogP contribution < -0.4 is 10.1 Å². The fraction of sp³-hybridized carbons (Fsp3) is 0.333. The lowest BCUT2D eigenvalue weighted by molar-refractivity contribution is 0.0679. The summed E-state index contributed by atoms with van der Waals surface area (Å²) in [6.07, 6.45) is 2.33. The molecule has 1 saturated heterocycles. The van der Waals surface area contributed by atoms with Crippen LogP contribution in [-0.4, -0.2) is 30.2 Å². The number of ether oxygens (including phenoxy) is 2. The number of pyridine rings is 1. The average molecular weight is 312 g/mol. The van der Waals surface area contributed by atoms with E-state index >= 15 is 0 Å². The van der Waals surface area contributed by atoms with Crippen molar-refractivity contribution < 1.29 is 14.3 Å². The molecule has 5 heteroatoms. The number of carbonyl (C=O) groups is 1. The van der Waals surface area contributed by atoms with Gasteiger partial charge >= 0.3 is 0 Å². The summed E-state index contributed by atoms with van der Waals surface area (Å²) in [5.41, 5.74) is 1.43. The molecule has 120 valence electrons. The van der Waals surface area contributed by atoms with Gasteiger partial charge in [-0.25, -0.2) is 4.98 Å². The minimum Gasteiger partial charge on any atom is -0.491 e. The molecule has 0 radical (unpaired) electrons. The molecule has 3 rings (SSSR count). The average Bonchev–Trinajstić information content (AvgIpc) is 3.07. The van der Waals surface area contributed by atoms with Crippen molar-refractivity contribution in [2.75, 3.05) is 18.5 Å². The van der Waals surface area contributed by atoms with Crippen LogP contribution in [0.2, 0.25) is 0 Å². The van der Waals surface area contributed by atoms with Gasteiger partial charge in [0.25, 0.3) is 5.91 Å². The lowest BCUT2D eigenvalue weighted by Gasteiger charge is -2.11. The summed E-state index contributed by atoms with van der Waals surface area (Å²) in [6.45, 7) is 3.26. The van der Waals surface area contributed by atoms with Crippen molar-refractivity contribution in [3.63, 3.8) is 0 Å². The van der Waals surface area contributed by atoms with Gasteiger partial charge in [-0.1, -0.05) is 6.07 Å². The van der Waals surface area contributed by atoms with Crippen LogP contribution in [0.5, 0.6) is 5.75 Å². The van der Waals surface area contributed by atoms with Crippen LogP contribution in [0.1, 0.15) is 28.9 Å². The van der Waals surface area contributed by atoms with Gasteiger partial charge in [-0.05, 0) is 56.2 Å². The van der Waals surface area contributed by atoms with Gasteiger partial charge in [0.2, 0.25) is 0 Å². The Morgan fingerprint density at radius 1 is 1.30 bits per heavy atom. The van der Waals surface area contributed by atoms with E-state index in [1.165, 1.54) is 0 Å². The van der Waals surface area contributed by atoms with Crippen molar-refractivity contribution in [2.45, 2.75) is 25.9 Å².